The second kappa shape index (κ2) is 13.2. The fourth-order valence-electron chi connectivity index (χ4n) is 7.61. The Labute approximate surface area is 278 Å². The van der Waals surface area contributed by atoms with Crippen molar-refractivity contribution in [1.82, 2.24) is 9.80 Å². The smallest absolute Gasteiger partial charge is 0.338 e. The molecule has 8 atom stereocenters. The topological polar surface area (TPSA) is 178 Å². The number of rotatable bonds is 4. The number of hydrogen-bond acceptors (Lipinski definition) is 12. The first kappa shape index (κ1) is 39.1. The zero-order valence-corrected chi connectivity index (χ0v) is 30.7. The largest absolute Gasteiger partial charge is 0.467 e. The Morgan fingerprint density at radius 3 is 1.72 bits per heavy atom. The van der Waals surface area contributed by atoms with Crippen LogP contribution in [0.4, 0.5) is 0 Å². The number of ether oxygens (including phenoxy) is 5. The molecule has 0 bridgehead atoms. The summed E-state index contributed by atoms with van der Waals surface area (Å²) < 4.78 is 26.8. The van der Waals surface area contributed by atoms with Crippen LogP contribution in [-0.4, -0.2) is 132 Å². The number of hydrogen-bond donors (Lipinski definition) is 2. The third-order valence-corrected chi connectivity index (χ3v) is 9.91. The first-order valence-corrected chi connectivity index (χ1v) is 17.8. The molecule has 0 spiro atoms. The maximum absolute atomic E-state index is 12.9. The van der Waals surface area contributed by atoms with Crippen molar-refractivity contribution in [2.24, 2.45) is 22.7 Å². The first-order chi connectivity index (χ1) is 21.6. The molecular formula is C32H53N2O12P. The fraction of sp³-hybridized carbons (Fsp3) is 0.844. The van der Waals surface area contributed by atoms with E-state index in [9.17, 15) is 34.2 Å². The molecule has 268 valence electrons. The molecule has 0 aliphatic carbocycles. The number of aliphatic hydroxyl groups is 2. The average molecular weight is 689 g/mol. The van der Waals surface area contributed by atoms with Gasteiger partial charge in [0.05, 0.1) is 45.7 Å². The molecule has 47 heavy (non-hydrogen) atoms. The predicted octanol–water partition coefficient (Wildman–Crippen LogP) is 1.28. The van der Waals surface area contributed by atoms with Crippen LogP contribution >= 0.6 is 8.58 Å². The highest BCUT2D eigenvalue weighted by Gasteiger charge is 2.80. The van der Waals surface area contributed by atoms with Crippen molar-refractivity contribution in [3.63, 3.8) is 0 Å². The van der Waals surface area contributed by atoms with Crippen LogP contribution in [0.5, 0.6) is 0 Å². The molecule has 5 fully saturated rings. The molecule has 15 heteroatoms. The Balaban J connectivity index is 0.000000236. The number of carbonyl (C=O) groups excluding carboxylic acids is 5. The quantitative estimate of drug-likeness (QED) is 0.246. The Morgan fingerprint density at radius 1 is 0.872 bits per heavy atom. The van der Waals surface area contributed by atoms with Gasteiger partial charge in [0.25, 0.3) is 0 Å². The zero-order chi connectivity index (χ0) is 36.1. The van der Waals surface area contributed by atoms with E-state index in [0.29, 0.717) is 0 Å². The summed E-state index contributed by atoms with van der Waals surface area (Å²) in [5.41, 5.74) is -6.74. The maximum atomic E-state index is 12.9. The lowest BCUT2D eigenvalue weighted by molar-refractivity contribution is -0.175. The molecule has 0 saturated carbocycles. The minimum atomic E-state index is -1.68. The molecule has 0 radical (unpaired) electrons. The number of fused-ring (bicyclic) bond motifs is 4. The second-order valence-electron chi connectivity index (χ2n) is 15.2. The average Bonchev–Trinajstić information content (AvgIpc) is 3.72. The zero-order valence-electron chi connectivity index (χ0n) is 29.7. The van der Waals surface area contributed by atoms with Crippen molar-refractivity contribution in [1.29, 1.82) is 0 Å². The van der Waals surface area contributed by atoms with Gasteiger partial charge in [-0.1, -0.05) is 41.5 Å². The number of esters is 3. The van der Waals surface area contributed by atoms with Crippen LogP contribution in [0.1, 0.15) is 68.2 Å². The van der Waals surface area contributed by atoms with Crippen LogP contribution in [0.2, 0.25) is 0 Å². The van der Waals surface area contributed by atoms with Crippen LogP contribution in [0, 0.1) is 22.7 Å². The van der Waals surface area contributed by atoms with E-state index in [4.69, 9.17) is 23.7 Å². The minimum absolute atomic E-state index is 0.0125. The molecule has 2 amide bonds. The molecule has 14 nitrogen and oxygen atoms in total. The Kier molecular flexibility index (Phi) is 10.9. The fourth-order valence-corrected chi connectivity index (χ4v) is 7.61. The maximum Gasteiger partial charge on any atom is 0.338 e. The van der Waals surface area contributed by atoms with Crippen molar-refractivity contribution in [2.45, 2.75) is 103 Å². The summed E-state index contributed by atoms with van der Waals surface area (Å²) in [6.45, 7) is 18.4. The Hall–Kier alpha value is -2.38. The van der Waals surface area contributed by atoms with Crippen molar-refractivity contribution in [2.75, 3.05) is 47.4 Å². The number of methoxy groups -OCH3 is 2. The van der Waals surface area contributed by atoms with E-state index in [-0.39, 0.29) is 49.9 Å². The normalized spacial score (nSPS) is 37.3. The molecule has 5 saturated heterocycles. The summed E-state index contributed by atoms with van der Waals surface area (Å²) in [4.78, 5) is 65.4. The van der Waals surface area contributed by atoms with Gasteiger partial charge in [0, 0.05) is 17.4 Å². The van der Waals surface area contributed by atoms with Crippen molar-refractivity contribution in [3.05, 3.63) is 0 Å². The molecular weight excluding hydrogens is 635 g/mol. The summed E-state index contributed by atoms with van der Waals surface area (Å²) in [6, 6.07) is 0. The van der Waals surface area contributed by atoms with Crippen molar-refractivity contribution < 1.29 is 57.9 Å². The monoisotopic (exact) mass is 688 g/mol. The number of aliphatic hydroxyl groups excluding tert-OH is 1. The summed E-state index contributed by atoms with van der Waals surface area (Å²) in [7, 11) is 3.57. The number of carbonyl (C=O) groups is 5. The lowest BCUT2D eigenvalue weighted by Crippen LogP contribution is -2.64. The first-order valence-electron chi connectivity index (χ1n) is 15.8. The van der Waals surface area contributed by atoms with Crippen molar-refractivity contribution in [3.8, 4) is 0 Å². The third-order valence-electron chi connectivity index (χ3n) is 9.91. The van der Waals surface area contributed by atoms with Gasteiger partial charge < -0.3 is 33.9 Å². The van der Waals surface area contributed by atoms with E-state index in [1.54, 1.807) is 6.92 Å². The highest BCUT2D eigenvalue weighted by Crippen LogP contribution is 2.57. The highest BCUT2D eigenvalue weighted by atomic mass is 31.1. The summed E-state index contributed by atoms with van der Waals surface area (Å²) in [5.74, 6) is -3.98. The standard InChI is InChI=1S/C15H21NO6.C15H25NO6.C2H7P/c1-13(2,3)11-16-10(18)8-6-9(17)22-14(8,4)15(16,7-21-11)12(19)20-5;1-13(2,3)11-16-10(18)9(6-7-17)14(4,20)15(16,8-22-11)12(19)21-5;1-3-2/h8,11H,6-7H2,1-5H3;9,11,17,20H,6-8H2,1-5H3;3H,1-2H3/t8-,11+,14-,15-;9-,11+,14-,15-;/m11./s1. The lowest BCUT2D eigenvalue weighted by atomic mass is 9.75. The third kappa shape index (κ3) is 5.65. The molecule has 5 aliphatic heterocycles. The predicted molar refractivity (Wildman–Crippen MR) is 170 cm³/mol. The van der Waals surface area contributed by atoms with Gasteiger partial charge in [-0.2, -0.15) is 0 Å². The van der Waals surface area contributed by atoms with E-state index in [1.807, 2.05) is 41.5 Å². The molecule has 2 N–H and O–H groups in total. The summed E-state index contributed by atoms with van der Waals surface area (Å²) in [5, 5.41) is 20.2. The van der Waals surface area contributed by atoms with Gasteiger partial charge >= 0.3 is 17.9 Å². The molecule has 0 aromatic rings. The van der Waals surface area contributed by atoms with Crippen LogP contribution in [0.15, 0.2) is 0 Å². The second-order valence-corrected chi connectivity index (χ2v) is 16.2. The van der Waals surface area contributed by atoms with Gasteiger partial charge in [-0.3, -0.25) is 24.2 Å². The molecule has 0 aromatic heterocycles. The van der Waals surface area contributed by atoms with Gasteiger partial charge in [-0.05, 0) is 33.6 Å². The minimum Gasteiger partial charge on any atom is -0.467 e. The van der Waals surface area contributed by atoms with E-state index in [0.717, 1.165) is 8.58 Å². The SMILES string of the molecule is COC(=O)[C@@]12CO[C@@H](C(C)(C)C)N1C(=O)[C@@H](CCO)[C@@]2(C)O.COC(=O)[C@@]12CO[C@@H](C(C)(C)C)N1C(=O)[C@H]1CC(=O)O[C@]12C.CPC. The van der Waals surface area contributed by atoms with Gasteiger partial charge in [0.1, 0.15) is 18.1 Å². The van der Waals surface area contributed by atoms with Crippen LogP contribution in [0.3, 0.4) is 0 Å². The van der Waals surface area contributed by atoms with Crippen molar-refractivity contribution >= 4 is 38.3 Å². The molecule has 0 unspecified atom stereocenters. The number of amides is 2. The Morgan fingerprint density at radius 2 is 1.30 bits per heavy atom. The molecule has 5 aliphatic rings. The summed E-state index contributed by atoms with van der Waals surface area (Å²) in [6.07, 6.45) is -1.14. The molecule has 5 rings (SSSR count). The van der Waals surface area contributed by atoms with Crippen LogP contribution < -0.4 is 0 Å². The van der Waals surface area contributed by atoms with Gasteiger partial charge in [-0.15, -0.1) is 8.58 Å². The number of nitrogens with zero attached hydrogens (tertiary/aromatic N) is 2. The van der Waals surface area contributed by atoms with Gasteiger partial charge in [0.15, 0.2) is 11.1 Å². The van der Waals surface area contributed by atoms with E-state index >= 15 is 0 Å². The van der Waals surface area contributed by atoms with E-state index in [1.165, 1.54) is 30.9 Å². The van der Waals surface area contributed by atoms with Crippen LogP contribution in [0.25, 0.3) is 0 Å². The van der Waals surface area contributed by atoms with Crippen LogP contribution in [-0.2, 0) is 47.7 Å². The van der Waals surface area contributed by atoms with E-state index in [2.05, 4.69) is 13.3 Å². The molecule has 5 heterocycles. The highest BCUT2D eigenvalue weighted by molar-refractivity contribution is 7.35. The molecule has 0 aromatic carbocycles. The van der Waals surface area contributed by atoms with Gasteiger partial charge in [-0.25, -0.2) is 9.59 Å². The Bertz CT molecular complexity index is 1260. The van der Waals surface area contributed by atoms with E-state index < -0.39 is 69.9 Å². The van der Waals surface area contributed by atoms with Gasteiger partial charge in [0.2, 0.25) is 17.4 Å². The summed E-state index contributed by atoms with van der Waals surface area (Å²) >= 11 is 0. The lowest BCUT2D eigenvalue weighted by Gasteiger charge is -2.40.